The number of hydrogen-bond donors (Lipinski definition) is 2. The summed E-state index contributed by atoms with van der Waals surface area (Å²) in [6.07, 6.45) is 0. The normalized spacial score (nSPS) is 11.9. The molecule has 0 saturated heterocycles. The fourth-order valence-electron chi connectivity index (χ4n) is 1.19. The fourth-order valence-corrected chi connectivity index (χ4v) is 1.92. The van der Waals surface area contributed by atoms with Gasteiger partial charge in [-0.05, 0) is 17.5 Å². The lowest BCUT2D eigenvalue weighted by atomic mass is 9.95. The third-order valence-electron chi connectivity index (χ3n) is 2.42. The van der Waals surface area contributed by atoms with Crippen LogP contribution in [0.4, 0.5) is 0 Å². The van der Waals surface area contributed by atoms with Crippen molar-refractivity contribution in [3.8, 4) is 0 Å². The van der Waals surface area contributed by atoms with Gasteiger partial charge in [-0.3, -0.25) is 4.79 Å². The Morgan fingerprint density at radius 2 is 2.18 bits per heavy atom. The first kappa shape index (κ1) is 14.1. The molecule has 0 aliphatic rings. The van der Waals surface area contributed by atoms with Crippen LogP contribution in [-0.2, 0) is 0 Å². The summed E-state index contributed by atoms with van der Waals surface area (Å²) < 4.78 is 3.81. The first-order valence-electron chi connectivity index (χ1n) is 5.58. The molecule has 1 rings (SSSR count). The van der Waals surface area contributed by atoms with E-state index in [4.69, 9.17) is 5.11 Å². The summed E-state index contributed by atoms with van der Waals surface area (Å²) in [5, 5.41) is 15.9. The van der Waals surface area contributed by atoms with Gasteiger partial charge in [0.15, 0.2) is 0 Å². The van der Waals surface area contributed by atoms with Gasteiger partial charge in [0.1, 0.15) is 4.88 Å². The van der Waals surface area contributed by atoms with Crippen molar-refractivity contribution in [2.24, 2.45) is 5.41 Å². The maximum atomic E-state index is 11.9. The molecule has 0 atom stereocenters. The molecule has 0 aromatic carbocycles. The Morgan fingerprint density at radius 1 is 1.53 bits per heavy atom. The number of nitrogens with zero attached hydrogens (tertiary/aromatic N) is 2. The topological polar surface area (TPSA) is 75.1 Å². The molecule has 0 radical (unpaired) electrons. The zero-order valence-electron chi connectivity index (χ0n) is 10.6. The second-order valence-electron chi connectivity index (χ2n) is 5.15. The standard InChI is InChI=1S/C11H19N3O2S/c1-7(2)8-9(17-14-13-8)10(16)12-5-11(3,4)6-15/h7,15H,5-6H2,1-4H3,(H,12,16). The highest BCUT2D eigenvalue weighted by Gasteiger charge is 2.22. The van der Waals surface area contributed by atoms with E-state index in [9.17, 15) is 4.79 Å². The van der Waals surface area contributed by atoms with Crippen LogP contribution < -0.4 is 5.32 Å². The minimum Gasteiger partial charge on any atom is -0.396 e. The van der Waals surface area contributed by atoms with E-state index in [1.54, 1.807) is 0 Å². The van der Waals surface area contributed by atoms with Gasteiger partial charge in [0.2, 0.25) is 0 Å². The summed E-state index contributed by atoms with van der Waals surface area (Å²) in [6.45, 7) is 8.20. The molecule has 5 nitrogen and oxygen atoms in total. The van der Waals surface area contributed by atoms with Crippen molar-refractivity contribution in [1.29, 1.82) is 0 Å². The van der Waals surface area contributed by atoms with Crippen molar-refractivity contribution in [1.82, 2.24) is 14.9 Å². The number of aliphatic hydroxyl groups excluding tert-OH is 1. The van der Waals surface area contributed by atoms with E-state index < -0.39 is 0 Å². The van der Waals surface area contributed by atoms with Gasteiger partial charge in [-0.15, -0.1) is 5.10 Å². The van der Waals surface area contributed by atoms with E-state index >= 15 is 0 Å². The van der Waals surface area contributed by atoms with Crippen molar-refractivity contribution in [2.45, 2.75) is 33.6 Å². The van der Waals surface area contributed by atoms with E-state index in [1.165, 1.54) is 0 Å². The van der Waals surface area contributed by atoms with Gasteiger partial charge >= 0.3 is 0 Å². The smallest absolute Gasteiger partial charge is 0.264 e. The summed E-state index contributed by atoms with van der Waals surface area (Å²) in [5.41, 5.74) is 0.417. The highest BCUT2D eigenvalue weighted by atomic mass is 32.1. The van der Waals surface area contributed by atoms with Crippen LogP contribution in [0.1, 0.15) is 49.0 Å². The molecule has 1 aromatic heterocycles. The van der Waals surface area contributed by atoms with E-state index in [-0.39, 0.29) is 23.8 Å². The number of amides is 1. The van der Waals surface area contributed by atoms with Gasteiger partial charge < -0.3 is 10.4 Å². The Bertz CT molecular complexity index is 388. The first-order chi connectivity index (χ1) is 7.87. The number of aliphatic hydroxyl groups is 1. The monoisotopic (exact) mass is 257 g/mol. The highest BCUT2D eigenvalue weighted by molar-refractivity contribution is 7.08. The molecule has 1 aromatic rings. The van der Waals surface area contributed by atoms with Gasteiger partial charge in [0.05, 0.1) is 5.69 Å². The van der Waals surface area contributed by atoms with E-state index in [0.717, 1.165) is 17.2 Å². The average Bonchev–Trinajstić information content (AvgIpc) is 2.75. The van der Waals surface area contributed by atoms with Crippen LogP contribution in [0.5, 0.6) is 0 Å². The Labute approximate surface area is 105 Å². The maximum absolute atomic E-state index is 11.9. The van der Waals surface area contributed by atoms with E-state index in [2.05, 4.69) is 14.9 Å². The molecular formula is C11H19N3O2S. The summed E-state index contributed by atoms with van der Waals surface area (Å²) in [5.74, 6) is 0.0191. The molecule has 0 saturated carbocycles. The molecule has 0 unspecified atom stereocenters. The lowest BCUT2D eigenvalue weighted by Crippen LogP contribution is -2.36. The van der Waals surface area contributed by atoms with Gasteiger partial charge in [-0.1, -0.05) is 32.2 Å². The van der Waals surface area contributed by atoms with Crippen LogP contribution in [0.3, 0.4) is 0 Å². The Morgan fingerprint density at radius 3 is 2.71 bits per heavy atom. The minimum atomic E-state index is -0.314. The zero-order chi connectivity index (χ0) is 13.1. The molecule has 1 amide bonds. The molecular weight excluding hydrogens is 238 g/mol. The molecule has 0 aliphatic carbocycles. The largest absolute Gasteiger partial charge is 0.396 e. The Hall–Kier alpha value is -1.01. The number of hydrogen-bond acceptors (Lipinski definition) is 5. The van der Waals surface area contributed by atoms with E-state index in [1.807, 2.05) is 27.7 Å². The SMILES string of the molecule is CC(C)c1nnsc1C(=O)NCC(C)(C)CO. The fraction of sp³-hybridized carbons (Fsp3) is 0.727. The van der Waals surface area contributed by atoms with Crippen LogP contribution in [0.15, 0.2) is 0 Å². The molecule has 1 heterocycles. The third kappa shape index (κ3) is 3.74. The van der Waals surface area contributed by atoms with Crippen LogP contribution in [0, 0.1) is 5.41 Å². The highest BCUT2D eigenvalue weighted by Crippen LogP contribution is 2.20. The van der Waals surface area contributed by atoms with Crippen LogP contribution >= 0.6 is 11.5 Å². The zero-order valence-corrected chi connectivity index (χ0v) is 11.5. The predicted molar refractivity (Wildman–Crippen MR) is 67.2 cm³/mol. The molecule has 0 bridgehead atoms. The van der Waals surface area contributed by atoms with Crippen LogP contribution in [0.25, 0.3) is 0 Å². The van der Waals surface area contributed by atoms with Crippen molar-refractivity contribution in [3.63, 3.8) is 0 Å². The van der Waals surface area contributed by atoms with Gasteiger partial charge in [0, 0.05) is 18.6 Å². The van der Waals surface area contributed by atoms with Crippen LogP contribution in [0.2, 0.25) is 0 Å². The lowest BCUT2D eigenvalue weighted by molar-refractivity contribution is 0.0913. The van der Waals surface area contributed by atoms with Crippen molar-refractivity contribution < 1.29 is 9.90 Å². The number of rotatable bonds is 5. The Balaban J connectivity index is 2.68. The number of nitrogens with one attached hydrogen (secondary N) is 1. The number of carbonyl (C=O) groups excluding carboxylic acids is 1. The number of carbonyl (C=O) groups is 1. The predicted octanol–water partition coefficient (Wildman–Crippen LogP) is 1.41. The molecule has 17 heavy (non-hydrogen) atoms. The summed E-state index contributed by atoms with van der Waals surface area (Å²) in [4.78, 5) is 12.5. The third-order valence-corrected chi connectivity index (χ3v) is 3.16. The molecule has 0 fully saturated rings. The maximum Gasteiger partial charge on any atom is 0.264 e. The number of aromatic nitrogens is 2. The molecule has 2 N–H and O–H groups in total. The Kier molecular flexibility index (Phi) is 4.59. The molecule has 96 valence electrons. The first-order valence-corrected chi connectivity index (χ1v) is 6.36. The second kappa shape index (κ2) is 5.55. The quantitative estimate of drug-likeness (QED) is 0.836. The summed E-state index contributed by atoms with van der Waals surface area (Å²) in [6, 6.07) is 0. The van der Waals surface area contributed by atoms with Crippen molar-refractivity contribution >= 4 is 17.4 Å². The van der Waals surface area contributed by atoms with Gasteiger partial charge in [-0.2, -0.15) is 0 Å². The van der Waals surface area contributed by atoms with E-state index in [0.29, 0.717) is 11.4 Å². The van der Waals surface area contributed by atoms with Gasteiger partial charge in [-0.25, -0.2) is 0 Å². The second-order valence-corrected chi connectivity index (χ2v) is 5.90. The minimum absolute atomic E-state index is 0.0330. The molecule has 0 spiro atoms. The van der Waals surface area contributed by atoms with Gasteiger partial charge in [0.25, 0.3) is 5.91 Å². The van der Waals surface area contributed by atoms with Crippen molar-refractivity contribution in [2.75, 3.05) is 13.2 Å². The lowest BCUT2D eigenvalue weighted by Gasteiger charge is -2.21. The summed E-state index contributed by atoms with van der Waals surface area (Å²) >= 11 is 1.11. The molecule has 6 heteroatoms. The van der Waals surface area contributed by atoms with Crippen molar-refractivity contribution in [3.05, 3.63) is 10.6 Å². The average molecular weight is 257 g/mol. The molecule has 0 aliphatic heterocycles. The summed E-state index contributed by atoms with van der Waals surface area (Å²) in [7, 11) is 0. The van der Waals surface area contributed by atoms with Crippen LogP contribution in [-0.4, -0.2) is 33.8 Å².